The first-order valence-electron chi connectivity index (χ1n) is 6.37. The summed E-state index contributed by atoms with van der Waals surface area (Å²) in [5, 5.41) is 4.18. The summed E-state index contributed by atoms with van der Waals surface area (Å²) in [5.41, 5.74) is 3.19. The quantitative estimate of drug-likeness (QED) is 0.772. The van der Waals surface area contributed by atoms with Crippen molar-refractivity contribution < 1.29 is 4.74 Å². The molecule has 0 amide bonds. The molecule has 2 aromatic rings. The van der Waals surface area contributed by atoms with Gasteiger partial charge in [0.25, 0.3) is 0 Å². The van der Waals surface area contributed by atoms with E-state index in [1.807, 2.05) is 31.2 Å². The van der Waals surface area contributed by atoms with Gasteiger partial charge in [0, 0.05) is 21.6 Å². The van der Waals surface area contributed by atoms with Crippen molar-refractivity contribution in [1.29, 1.82) is 0 Å². The van der Waals surface area contributed by atoms with Crippen molar-refractivity contribution in [2.24, 2.45) is 0 Å². The zero-order valence-electron chi connectivity index (χ0n) is 11.7. The first kappa shape index (κ1) is 15.2. The van der Waals surface area contributed by atoms with Crippen LogP contribution in [-0.2, 0) is 0 Å². The number of ether oxygens (including phenoxy) is 1. The summed E-state index contributed by atoms with van der Waals surface area (Å²) in [6.45, 7) is 4.10. The number of hydrogen-bond donors (Lipinski definition) is 1. The van der Waals surface area contributed by atoms with Crippen molar-refractivity contribution in [2.45, 2.75) is 19.9 Å². The molecule has 0 aromatic heterocycles. The fourth-order valence-electron chi connectivity index (χ4n) is 2.01. The second-order valence-electron chi connectivity index (χ2n) is 4.72. The molecular formula is C16H17BrClNO. The molecule has 0 fully saturated rings. The fraction of sp³-hybridized carbons (Fsp3) is 0.250. The van der Waals surface area contributed by atoms with E-state index in [4.69, 9.17) is 16.3 Å². The standard InChI is InChI=1S/C16H17BrClNO/c1-10-8-15(16(20-3)9-14(10)18)19-11(2)12-4-6-13(17)7-5-12/h4-9,11,19H,1-3H3. The second-order valence-corrected chi connectivity index (χ2v) is 6.04. The van der Waals surface area contributed by atoms with Crippen molar-refractivity contribution >= 4 is 33.2 Å². The van der Waals surface area contributed by atoms with E-state index >= 15 is 0 Å². The predicted molar refractivity (Wildman–Crippen MR) is 88.9 cm³/mol. The van der Waals surface area contributed by atoms with Crippen LogP contribution in [0.5, 0.6) is 5.75 Å². The van der Waals surface area contributed by atoms with Crippen LogP contribution in [0.25, 0.3) is 0 Å². The van der Waals surface area contributed by atoms with Crippen LogP contribution in [0.3, 0.4) is 0 Å². The lowest BCUT2D eigenvalue weighted by atomic mass is 10.1. The maximum Gasteiger partial charge on any atom is 0.143 e. The molecule has 1 N–H and O–H groups in total. The third-order valence-electron chi connectivity index (χ3n) is 3.22. The van der Waals surface area contributed by atoms with Crippen LogP contribution in [0.1, 0.15) is 24.1 Å². The van der Waals surface area contributed by atoms with Crippen molar-refractivity contribution in [2.75, 3.05) is 12.4 Å². The van der Waals surface area contributed by atoms with Gasteiger partial charge in [-0.25, -0.2) is 0 Å². The van der Waals surface area contributed by atoms with Gasteiger partial charge in [-0.05, 0) is 43.2 Å². The molecule has 0 spiro atoms. The van der Waals surface area contributed by atoms with Crippen LogP contribution < -0.4 is 10.1 Å². The van der Waals surface area contributed by atoms with Gasteiger partial charge in [0.1, 0.15) is 5.75 Å². The van der Waals surface area contributed by atoms with Gasteiger partial charge in [0.05, 0.1) is 12.8 Å². The Labute approximate surface area is 133 Å². The lowest BCUT2D eigenvalue weighted by molar-refractivity contribution is 0.416. The Hall–Kier alpha value is -1.19. The Bertz CT molecular complexity index is 598. The highest BCUT2D eigenvalue weighted by molar-refractivity contribution is 9.10. The molecule has 20 heavy (non-hydrogen) atoms. The molecule has 2 aromatic carbocycles. The summed E-state index contributed by atoms with van der Waals surface area (Å²) in [7, 11) is 1.65. The van der Waals surface area contributed by atoms with Crippen LogP contribution in [0, 0.1) is 6.92 Å². The van der Waals surface area contributed by atoms with E-state index in [0.29, 0.717) is 5.02 Å². The molecular weight excluding hydrogens is 338 g/mol. The van der Waals surface area contributed by atoms with Gasteiger partial charge in [-0.15, -0.1) is 0 Å². The molecule has 0 bridgehead atoms. The van der Waals surface area contributed by atoms with E-state index in [2.05, 4.69) is 40.3 Å². The van der Waals surface area contributed by atoms with Crippen molar-refractivity contribution in [3.05, 3.63) is 57.0 Å². The zero-order chi connectivity index (χ0) is 14.7. The summed E-state index contributed by atoms with van der Waals surface area (Å²) < 4.78 is 6.46. The van der Waals surface area contributed by atoms with E-state index < -0.39 is 0 Å². The van der Waals surface area contributed by atoms with Gasteiger partial charge in [0.15, 0.2) is 0 Å². The molecule has 2 nitrogen and oxygen atoms in total. The van der Waals surface area contributed by atoms with Gasteiger partial charge in [-0.3, -0.25) is 0 Å². The monoisotopic (exact) mass is 353 g/mol. The van der Waals surface area contributed by atoms with Gasteiger partial charge in [-0.2, -0.15) is 0 Å². The largest absolute Gasteiger partial charge is 0.495 e. The predicted octanol–water partition coefficient (Wildman–Crippen LogP) is 5.59. The normalized spacial score (nSPS) is 12.1. The Morgan fingerprint density at radius 1 is 1.20 bits per heavy atom. The third-order valence-corrected chi connectivity index (χ3v) is 4.16. The highest BCUT2D eigenvalue weighted by atomic mass is 79.9. The van der Waals surface area contributed by atoms with Gasteiger partial charge < -0.3 is 10.1 Å². The SMILES string of the molecule is COc1cc(Cl)c(C)cc1NC(C)c1ccc(Br)cc1. The Kier molecular flexibility index (Phi) is 4.95. The van der Waals surface area contributed by atoms with Crippen LogP contribution in [-0.4, -0.2) is 7.11 Å². The molecule has 4 heteroatoms. The maximum absolute atomic E-state index is 6.12. The van der Waals surface area contributed by atoms with Gasteiger partial charge >= 0.3 is 0 Å². The smallest absolute Gasteiger partial charge is 0.143 e. The highest BCUT2D eigenvalue weighted by Gasteiger charge is 2.11. The first-order chi connectivity index (χ1) is 9.51. The number of aryl methyl sites for hydroxylation is 1. The molecule has 1 unspecified atom stereocenters. The molecule has 0 radical (unpaired) electrons. The number of hydrogen-bond acceptors (Lipinski definition) is 2. The summed E-state index contributed by atoms with van der Waals surface area (Å²) in [4.78, 5) is 0. The maximum atomic E-state index is 6.12. The lowest BCUT2D eigenvalue weighted by Crippen LogP contribution is -2.08. The third kappa shape index (κ3) is 3.47. The zero-order valence-corrected chi connectivity index (χ0v) is 14.0. The second kappa shape index (κ2) is 6.51. The first-order valence-corrected chi connectivity index (χ1v) is 7.54. The molecule has 106 valence electrons. The Balaban J connectivity index is 2.25. The molecule has 2 rings (SSSR count). The van der Waals surface area contributed by atoms with Crippen molar-refractivity contribution in [3.63, 3.8) is 0 Å². The minimum absolute atomic E-state index is 0.178. The number of anilines is 1. The van der Waals surface area contributed by atoms with Crippen LogP contribution in [0.15, 0.2) is 40.9 Å². The Morgan fingerprint density at radius 3 is 2.45 bits per heavy atom. The fourth-order valence-corrected chi connectivity index (χ4v) is 2.43. The van der Waals surface area contributed by atoms with Crippen LogP contribution in [0.4, 0.5) is 5.69 Å². The van der Waals surface area contributed by atoms with E-state index in [0.717, 1.165) is 21.5 Å². The van der Waals surface area contributed by atoms with E-state index in [1.54, 1.807) is 7.11 Å². The molecule has 1 atom stereocenters. The van der Waals surface area contributed by atoms with E-state index in [-0.39, 0.29) is 6.04 Å². The average molecular weight is 355 g/mol. The number of benzene rings is 2. The lowest BCUT2D eigenvalue weighted by Gasteiger charge is -2.19. The summed E-state index contributed by atoms with van der Waals surface area (Å²) in [6, 6.07) is 12.3. The van der Waals surface area contributed by atoms with E-state index in [1.165, 1.54) is 5.56 Å². The minimum Gasteiger partial charge on any atom is -0.495 e. The molecule has 0 heterocycles. The van der Waals surface area contributed by atoms with Crippen LogP contribution >= 0.6 is 27.5 Å². The van der Waals surface area contributed by atoms with Crippen LogP contribution in [0.2, 0.25) is 5.02 Å². The van der Waals surface area contributed by atoms with E-state index in [9.17, 15) is 0 Å². The minimum atomic E-state index is 0.178. The number of nitrogens with one attached hydrogen (secondary N) is 1. The molecule has 0 saturated carbocycles. The molecule has 0 saturated heterocycles. The number of methoxy groups -OCH3 is 1. The topological polar surface area (TPSA) is 21.3 Å². The summed E-state index contributed by atoms with van der Waals surface area (Å²) >= 11 is 9.57. The van der Waals surface area contributed by atoms with Gasteiger partial charge in [-0.1, -0.05) is 39.7 Å². The molecule has 0 aliphatic carbocycles. The molecule has 0 aliphatic heterocycles. The van der Waals surface area contributed by atoms with Gasteiger partial charge in [0.2, 0.25) is 0 Å². The average Bonchev–Trinajstić information content (AvgIpc) is 2.43. The number of rotatable bonds is 4. The summed E-state index contributed by atoms with van der Waals surface area (Å²) in [6.07, 6.45) is 0. The Morgan fingerprint density at radius 2 is 1.85 bits per heavy atom. The van der Waals surface area contributed by atoms with Crippen molar-refractivity contribution in [3.8, 4) is 5.75 Å². The molecule has 0 aliphatic rings. The van der Waals surface area contributed by atoms with Crippen molar-refractivity contribution in [1.82, 2.24) is 0 Å². The summed E-state index contributed by atoms with van der Waals surface area (Å²) in [5.74, 6) is 0.754. The number of halogens is 2. The highest BCUT2D eigenvalue weighted by Crippen LogP contribution is 2.33.